The predicted octanol–water partition coefficient (Wildman–Crippen LogP) is 2.13. The van der Waals surface area contributed by atoms with Gasteiger partial charge >= 0.3 is 0 Å². The number of carbonyl (C=O) groups excluding carboxylic acids is 1. The molecule has 0 atom stereocenters. The molecule has 1 aliphatic carbocycles. The third kappa shape index (κ3) is 3.84. The van der Waals surface area contributed by atoms with E-state index in [-0.39, 0.29) is 30.3 Å². The Labute approximate surface area is 176 Å². The molecule has 158 valence electrons. The fraction of sp³-hybridized carbons (Fsp3) is 0.421. The van der Waals surface area contributed by atoms with Crippen LogP contribution in [0, 0.1) is 0 Å². The fourth-order valence-electron chi connectivity index (χ4n) is 3.42. The number of halogens is 1. The van der Waals surface area contributed by atoms with Gasteiger partial charge in [-0.25, -0.2) is 17.3 Å². The molecule has 11 heteroatoms. The first-order valence-corrected chi connectivity index (χ1v) is 12.3. The van der Waals surface area contributed by atoms with Crippen molar-refractivity contribution >= 4 is 38.7 Å². The zero-order chi connectivity index (χ0) is 20.9. The zero-order valence-electron chi connectivity index (χ0n) is 16.0. The Hall–Kier alpha value is -2.37. The number of hydrogen-bond acceptors (Lipinski definition) is 7. The van der Waals surface area contributed by atoms with E-state index in [1.54, 1.807) is 21.9 Å². The average molecular weight is 450 g/mol. The Morgan fingerprint density at radius 3 is 2.70 bits per heavy atom. The van der Waals surface area contributed by atoms with Gasteiger partial charge in [-0.3, -0.25) is 15.0 Å². The molecule has 2 fully saturated rings. The second-order valence-corrected chi connectivity index (χ2v) is 11.2. The minimum atomic E-state index is -2.89. The molecule has 3 aromatic rings. The van der Waals surface area contributed by atoms with Crippen molar-refractivity contribution in [2.75, 3.05) is 29.9 Å². The fourth-order valence-corrected chi connectivity index (χ4v) is 5.76. The number of carbonyl (C=O) groups is 1. The lowest BCUT2D eigenvalue weighted by Crippen LogP contribution is -2.39. The van der Waals surface area contributed by atoms with E-state index < -0.39 is 21.4 Å². The number of pyridine rings is 1. The summed E-state index contributed by atoms with van der Waals surface area (Å²) >= 11 is 1.60. The number of fused-ring (bicyclic) bond motifs is 1. The molecular formula is C19H20FN5O3S2. The number of hydrogen-bond donors (Lipinski definition) is 1. The van der Waals surface area contributed by atoms with Crippen molar-refractivity contribution in [1.82, 2.24) is 19.5 Å². The molecule has 3 aromatic heterocycles. The summed E-state index contributed by atoms with van der Waals surface area (Å²) in [6.07, 6.45) is 0.469. The molecular weight excluding hydrogens is 429 g/mol. The van der Waals surface area contributed by atoms with Gasteiger partial charge in [0.2, 0.25) is 5.95 Å². The number of amides is 1. The second kappa shape index (κ2) is 7.10. The number of rotatable bonds is 5. The highest BCUT2D eigenvalue weighted by atomic mass is 32.2. The molecule has 1 N–H and O–H groups in total. The van der Waals surface area contributed by atoms with Crippen LogP contribution < -0.4 is 5.32 Å². The maximum absolute atomic E-state index is 13.9. The molecule has 0 spiro atoms. The summed E-state index contributed by atoms with van der Waals surface area (Å²) in [5, 5.41) is 6.82. The summed E-state index contributed by atoms with van der Waals surface area (Å²) in [6.45, 7) is 1.80. The topological polar surface area (TPSA) is 96.7 Å². The van der Waals surface area contributed by atoms with Crippen molar-refractivity contribution in [3.63, 3.8) is 0 Å². The third-order valence-electron chi connectivity index (χ3n) is 5.41. The van der Waals surface area contributed by atoms with Gasteiger partial charge < -0.3 is 0 Å². The van der Waals surface area contributed by atoms with Crippen LogP contribution in [-0.2, 0) is 21.2 Å². The molecule has 2 aliphatic rings. The van der Waals surface area contributed by atoms with Crippen molar-refractivity contribution in [2.24, 2.45) is 0 Å². The molecule has 0 unspecified atom stereocenters. The Morgan fingerprint density at radius 2 is 1.97 bits per heavy atom. The van der Waals surface area contributed by atoms with Crippen LogP contribution in [0.5, 0.6) is 0 Å². The number of alkyl halides is 1. The van der Waals surface area contributed by atoms with Crippen LogP contribution in [-0.4, -0.2) is 64.1 Å². The summed E-state index contributed by atoms with van der Waals surface area (Å²) in [5.74, 6) is -0.194. The molecule has 30 heavy (non-hydrogen) atoms. The molecule has 1 aliphatic heterocycles. The number of thiophene rings is 1. The number of sulfone groups is 1. The van der Waals surface area contributed by atoms with E-state index in [1.807, 2.05) is 24.3 Å². The van der Waals surface area contributed by atoms with Crippen molar-refractivity contribution in [1.29, 1.82) is 0 Å². The van der Waals surface area contributed by atoms with Crippen LogP contribution >= 0.6 is 11.3 Å². The van der Waals surface area contributed by atoms with Crippen molar-refractivity contribution in [3.8, 4) is 10.6 Å². The first kappa shape index (κ1) is 19.6. The number of nitrogens with one attached hydrogen (secondary N) is 1. The second-order valence-electron chi connectivity index (χ2n) is 7.73. The number of anilines is 1. The van der Waals surface area contributed by atoms with E-state index in [4.69, 9.17) is 0 Å². The molecule has 8 nitrogen and oxygen atoms in total. The first-order valence-electron chi connectivity index (χ1n) is 9.69. The van der Waals surface area contributed by atoms with E-state index in [9.17, 15) is 17.6 Å². The van der Waals surface area contributed by atoms with Gasteiger partial charge in [-0.2, -0.15) is 4.98 Å². The van der Waals surface area contributed by atoms with E-state index >= 15 is 0 Å². The van der Waals surface area contributed by atoms with Gasteiger partial charge in [0, 0.05) is 24.5 Å². The van der Waals surface area contributed by atoms with Gasteiger partial charge in [0.1, 0.15) is 0 Å². The lowest BCUT2D eigenvalue weighted by atomic mass is 10.3. The van der Waals surface area contributed by atoms with Gasteiger partial charge in [-0.15, -0.1) is 16.4 Å². The van der Waals surface area contributed by atoms with Crippen LogP contribution in [0.25, 0.3) is 16.2 Å². The highest BCUT2D eigenvalue weighted by Crippen LogP contribution is 2.40. The van der Waals surface area contributed by atoms with E-state index in [0.29, 0.717) is 25.3 Å². The zero-order valence-corrected chi connectivity index (χ0v) is 17.7. The Balaban J connectivity index is 1.35. The van der Waals surface area contributed by atoms with Crippen LogP contribution in [0.1, 0.15) is 17.7 Å². The lowest BCUT2D eigenvalue weighted by molar-refractivity contribution is -0.122. The highest BCUT2D eigenvalue weighted by Gasteiger charge is 2.51. The molecule has 0 aromatic carbocycles. The summed E-state index contributed by atoms with van der Waals surface area (Å²) in [4.78, 5) is 20.5. The summed E-state index contributed by atoms with van der Waals surface area (Å²) in [5.41, 5.74) is -0.404. The largest absolute Gasteiger partial charge is 0.296 e. The number of nitrogens with zero attached hydrogens (tertiary/aromatic N) is 4. The quantitative estimate of drug-likeness (QED) is 0.641. The highest BCUT2D eigenvalue weighted by molar-refractivity contribution is 7.91. The summed E-state index contributed by atoms with van der Waals surface area (Å²) in [6, 6.07) is 9.57. The Bertz CT molecular complexity index is 1220. The van der Waals surface area contributed by atoms with Gasteiger partial charge in [0.15, 0.2) is 21.2 Å². The summed E-state index contributed by atoms with van der Waals surface area (Å²) in [7, 11) is -2.89. The Morgan fingerprint density at radius 1 is 1.20 bits per heavy atom. The normalized spacial score (nSPS) is 20.3. The van der Waals surface area contributed by atoms with Crippen LogP contribution in [0.2, 0.25) is 0 Å². The molecule has 0 bridgehead atoms. The molecule has 1 saturated heterocycles. The van der Waals surface area contributed by atoms with Crippen molar-refractivity contribution in [3.05, 3.63) is 35.2 Å². The van der Waals surface area contributed by atoms with Crippen molar-refractivity contribution < 1.29 is 17.6 Å². The molecule has 4 heterocycles. The van der Waals surface area contributed by atoms with Crippen LogP contribution in [0.4, 0.5) is 10.3 Å². The average Bonchev–Trinajstić information content (AvgIpc) is 3.12. The summed E-state index contributed by atoms with van der Waals surface area (Å²) < 4.78 is 38.7. The van der Waals surface area contributed by atoms with Gasteiger partial charge in [0.25, 0.3) is 5.91 Å². The van der Waals surface area contributed by atoms with Crippen LogP contribution in [0.15, 0.2) is 30.3 Å². The van der Waals surface area contributed by atoms with Crippen LogP contribution in [0.3, 0.4) is 0 Å². The van der Waals surface area contributed by atoms with Gasteiger partial charge in [-0.1, -0.05) is 6.07 Å². The molecule has 1 amide bonds. The van der Waals surface area contributed by atoms with Gasteiger partial charge in [0.05, 0.1) is 22.1 Å². The SMILES string of the molecule is O=C(Nc1nc2cccc(-c3ccc(CN4CCS(=O)(=O)CC4)s3)n2n1)C1(F)CC1. The number of aromatic nitrogens is 3. The standard InChI is InChI=1S/C19H20FN5O3S2/c20-19(6-7-19)17(26)22-18-21-16-3-1-2-14(25(16)23-18)15-5-4-13(29-15)12-24-8-10-30(27,28)11-9-24/h1-5H,6-12H2,(H,22,23,26). The monoisotopic (exact) mass is 449 g/mol. The smallest absolute Gasteiger partial charge is 0.264 e. The van der Waals surface area contributed by atoms with Gasteiger partial charge in [-0.05, 0) is 37.1 Å². The lowest BCUT2D eigenvalue weighted by Gasteiger charge is -2.25. The van der Waals surface area contributed by atoms with E-state index in [0.717, 1.165) is 15.4 Å². The first-order chi connectivity index (χ1) is 14.3. The maximum atomic E-state index is 13.9. The Kier molecular flexibility index (Phi) is 4.64. The van der Waals surface area contributed by atoms with Crippen molar-refractivity contribution in [2.45, 2.75) is 25.1 Å². The molecule has 1 saturated carbocycles. The maximum Gasteiger partial charge on any atom is 0.264 e. The third-order valence-corrected chi connectivity index (χ3v) is 8.11. The molecule has 0 radical (unpaired) electrons. The van der Waals surface area contributed by atoms with E-state index in [2.05, 4.69) is 20.3 Å². The minimum Gasteiger partial charge on any atom is -0.296 e. The minimum absolute atomic E-state index is 0.0858. The van der Waals surface area contributed by atoms with E-state index in [1.165, 1.54) is 0 Å². The predicted molar refractivity (Wildman–Crippen MR) is 112 cm³/mol. The molecule has 5 rings (SSSR count).